The predicted molar refractivity (Wildman–Crippen MR) is 423 cm³/mol. The molecule has 2 rings (SSSR count). The van der Waals surface area contributed by atoms with Crippen LogP contribution in [0.4, 0.5) is 4.79 Å². The molecule has 2 aliphatic heterocycles. The Bertz CT molecular complexity index is 2870. The first kappa shape index (κ1) is 105. The molecule has 13 amide bonds. The van der Waals surface area contributed by atoms with Crippen molar-refractivity contribution in [3.05, 3.63) is 0 Å². The lowest BCUT2D eigenvalue weighted by Crippen LogP contribution is -2.57. The number of hydrogen-bond donors (Lipinski definition) is 24. The van der Waals surface area contributed by atoms with Crippen LogP contribution in [-0.4, -0.2) is 283 Å². The van der Waals surface area contributed by atoms with Crippen LogP contribution in [0.25, 0.3) is 0 Å². The lowest BCUT2D eigenvalue weighted by Gasteiger charge is -2.22. The molecule has 24 N–H and O–H groups in total. The molecule has 108 heavy (non-hydrogen) atoms. The number of rotatable bonds is 48. The third kappa shape index (κ3) is 51.6. The molecule has 0 spiro atoms. The number of carboxylic acid groups (broad SMARTS) is 3. The first-order chi connectivity index (χ1) is 50.7. The van der Waals surface area contributed by atoms with Crippen LogP contribution in [0.2, 0.25) is 27.3 Å². The highest BCUT2D eigenvalue weighted by Gasteiger charge is 2.44. The van der Waals surface area contributed by atoms with Crippen molar-refractivity contribution in [2.24, 2.45) is 17.8 Å². The van der Waals surface area contributed by atoms with Crippen molar-refractivity contribution < 1.29 is 110 Å². The average Bonchev–Trinajstić information content (AvgIpc) is 1.66. The van der Waals surface area contributed by atoms with Crippen LogP contribution in [-0.2, 0) is 90.7 Å². The molecule has 39 nitrogen and oxygen atoms in total. The minimum atomic E-state index is -1.40. The highest BCUT2D eigenvalue weighted by Crippen LogP contribution is 2.32. The maximum absolute atomic E-state index is 12.8. The quantitative estimate of drug-likeness (QED) is 0.0117. The Morgan fingerprint density at radius 2 is 0.898 bits per heavy atom. The maximum atomic E-state index is 12.8. The van der Waals surface area contributed by atoms with E-state index in [1.165, 1.54) is 6.82 Å². The van der Waals surface area contributed by atoms with Crippen molar-refractivity contribution >= 4 is 167 Å². The summed E-state index contributed by atoms with van der Waals surface area (Å²) in [4.78, 5) is 176. The molecule has 0 radical (unpaired) electrons. The zero-order valence-electron chi connectivity index (χ0n) is 63.8. The number of thioether (sulfide) groups is 1. The number of carbonyl (C=O) groups excluding carboxylic acids is 12. The summed E-state index contributed by atoms with van der Waals surface area (Å²) >= 11 is 11.0. The molecule has 2 saturated heterocycles. The van der Waals surface area contributed by atoms with E-state index in [0.717, 1.165) is 19.4 Å². The van der Waals surface area contributed by atoms with E-state index in [1.807, 2.05) is 13.8 Å². The summed E-state index contributed by atoms with van der Waals surface area (Å²) < 4.78 is 0. The van der Waals surface area contributed by atoms with Gasteiger partial charge in [0.15, 0.2) is 0 Å². The molecular weight excluding hydrogens is 1510 g/mol. The second-order valence-corrected chi connectivity index (χ2v) is 28.7. The monoisotopic (exact) mass is 1640 g/mol. The van der Waals surface area contributed by atoms with Crippen LogP contribution >= 0.6 is 26.5 Å². The van der Waals surface area contributed by atoms with E-state index in [-0.39, 0.29) is 105 Å². The van der Waals surface area contributed by atoms with Crippen LogP contribution in [0.15, 0.2) is 0 Å². The molecule has 0 aromatic carbocycles. The van der Waals surface area contributed by atoms with Gasteiger partial charge in [0.1, 0.15) is 36.3 Å². The maximum Gasteiger partial charge on any atom is 0.373 e. The summed E-state index contributed by atoms with van der Waals surface area (Å²) in [6.07, 6.45) is 3.21. The van der Waals surface area contributed by atoms with E-state index in [9.17, 15) is 76.9 Å². The van der Waals surface area contributed by atoms with Crippen molar-refractivity contribution in [2.75, 3.05) is 77.0 Å². The molecule has 0 aromatic heterocycles. The Hall–Kier alpha value is -6.82. The number of nitrogens with one attached hydrogen (secondary N) is 17. The fraction of sp³-hybridized carbons (Fsp3) is 0.750. The number of amides is 13. The minimum absolute atomic E-state index is 0. The van der Waals surface area contributed by atoms with Crippen LogP contribution < -0.4 is 90.0 Å². The Balaban J connectivity index is -0.000000442. The van der Waals surface area contributed by atoms with E-state index in [4.69, 9.17) is 54.0 Å². The lowest BCUT2D eigenvalue weighted by molar-refractivity contribution is -0.142. The van der Waals surface area contributed by atoms with E-state index in [0.29, 0.717) is 72.3 Å². The molecule has 2 aliphatic rings. The fourth-order valence-electron chi connectivity index (χ4n) is 8.97. The van der Waals surface area contributed by atoms with Gasteiger partial charge in [0, 0.05) is 64.8 Å². The number of urea groups is 1. The van der Waals surface area contributed by atoms with Gasteiger partial charge in [-0.3, -0.25) is 62.3 Å². The zero-order chi connectivity index (χ0) is 83.2. The molecule has 2 fully saturated rings. The fourth-order valence-corrected chi connectivity index (χ4v) is 11.6. The number of carbonyl (C=O) groups is 15. The van der Waals surface area contributed by atoms with E-state index in [1.54, 1.807) is 80.7 Å². The number of fused-ring (bicyclic) bond motifs is 1. The van der Waals surface area contributed by atoms with E-state index in [2.05, 4.69) is 90.0 Å². The number of carboxylic acids is 3. The van der Waals surface area contributed by atoms with Crippen LogP contribution in [0.3, 0.4) is 0 Å². The largest absolute Gasteiger partial charge is 0.481 e. The van der Waals surface area contributed by atoms with Crippen LogP contribution in [0.5, 0.6) is 0 Å². The van der Waals surface area contributed by atoms with Gasteiger partial charge in [-0.05, 0) is 115 Å². The summed E-state index contributed by atoms with van der Waals surface area (Å²) in [7, 11) is -1.84. The normalized spacial score (nSPS) is 16.1. The van der Waals surface area contributed by atoms with Gasteiger partial charge in [-0.1, -0.05) is 71.6 Å². The van der Waals surface area contributed by atoms with E-state index >= 15 is 0 Å². The summed E-state index contributed by atoms with van der Waals surface area (Å²) in [5, 5.41) is 107. The zero-order valence-corrected chi connectivity index (χ0v) is 68.0. The summed E-state index contributed by atoms with van der Waals surface area (Å²) in [6.45, 7) is 23.9. The van der Waals surface area contributed by atoms with Crippen molar-refractivity contribution in [1.29, 1.82) is 0 Å². The molecule has 0 saturated carbocycles. The molecule has 48 heteroatoms. The summed E-state index contributed by atoms with van der Waals surface area (Å²) in [6, 6.07) is -6.16. The van der Waals surface area contributed by atoms with Crippen molar-refractivity contribution in [2.45, 2.75) is 195 Å². The smallest absolute Gasteiger partial charge is 0.373 e. The van der Waals surface area contributed by atoms with E-state index < -0.39 is 137 Å². The van der Waals surface area contributed by atoms with Gasteiger partial charge in [-0.15, -0.1) is 0 Å². The molecular formula is C60H119B4N17O22P2S3. The highest BCUT2D eigenvalue weighted by atomic mass is 32.4. The second kappa shape index (κ2) is 61.9. The average molecular weight is 1640 g/mol. The van der Waals surface area contributed by atoms with Crippen molar-refractivity contribution in [3.8, 4) is 0 Å². The topological polar surface area (TPSA) is 602 Å². The second-order valence-electron chi connectivity index (χ2n) is 24.7. The number of hydrogen-bond acceptors (Lipinski definition) is 26. The van der Waals surface area contributed by atoms with Gasteiger partial charge in [0.05, 0.1) is 43.3 Å². The Morgan fingerprint density at radius 1 is 0.481 bits per heavy atom. The molecule has 2 heterocycles. The third-order valence-electron chi connectivity index (χ3n) is 15.0. The molecule has 0 aromatic rings. The van der Waals surface area contributed by atoms with Crippen molar-refractivity contribution in [1.82, 2.24) is 90.0 Å². The SMILES string of the molecule is CB(O)NCCCCC(C)C(=O)O.CCC(NC(=O)C(C)CNB(C)O)C(=O)O.CCNC(=O)C(CC(=O)O)NC(=O)C(CNC(=O)CNC(=O)CC1SCC2NC(=O)NC21)NC(=O)CP=S.CCNC(=O)C(CC)NC(=O)C(C)CNB(C)O.CCNC(=O)C(CC)NC(=O)C(CNB(C)O)NC(=O)CP=S.[3HH].[3HH]. The van der Waals surface area contributed by atoms with Crippen LogP contribution in [0.1, 0.15) is 117 Å². The Morgan fingerprint density at radius 3 is 1.31 bits per heavy atom. The van der Waals surface area contributed by atoms with Gasteiger partial charge in [0.25, 0.3) is 0 Å². The number of likely N-dealkylation sites (N-methyl/N-ethyl adjacent to an activating group) is 3. The van der Waals surface area contributed by atoms with Gasteiger partial charge in [0.2, 0.25) is 65.0 Å². The molecule has 12 atom stereocenters. The predicted octanol–water partition coefficient (Wildman–Crippen LogP) is -4.90. The standard InChI is InChI=1S/C20H30N7O8PS2.C12H24BN4O4PS.C11H24BN3O3.C9H19BN2O4.C8H18BNO3.2H2/c1-2-21-18(33)9(3-16(31)32)25-19(34)10(24-15(30)7-36-37)5-22-14(29)6-23-13(28)4-12-17-11(8-38-12)26-20(35)27-17;1-4-8(11(19)14-5-2)17-12(20)9(6-15-13(3)21)16-10(18)7-22-23;1-5-9(11(17)13-6-2)15-10(16)8(3)7-14-12(4)18;1-4-7(9(14)15)12-8(13)6(2)5-11-10(3)16;1-7(8(11)12)5-3-4-6-10-9(2)13;;/h9-12,17H,2-8H2,1H3,(H,21,33)(H,22,29)(H,23,28)(H,24,30)(H,25,34)(H,31,32)(H2,26,27,35);8-9,15,21H,4-7H2,1-3H3,(H,14,19)(H,16,18)(H,17,20);8-9,14,18H,5-7H2,1-4H3,(H,13,17)(H,15,16);6-7,11,16H,4-5H2,1-3H3,(H,12,13)(H,14,15);7,10,13H,3-6H2,1-2H3,(H,11,12);2*1H/i;;;;;2*1+2. The van der Waals surface area contributed by atoms with Crippen molar-refractivity contribution in [3.63, 3.8) is 0 Å². The third-order valence-corrected chi connectivity index (χ3v) is 18.1. The minimum Gasteiger partial charge on any atom is -0.481 e. The first-order valence-corrected chi connectivity index (χ1v) is 40.7. The van der Waals surface area contributed by atoms with Gasteiger partial charge >= 0.3 is 52.1 Å². The Kier molecular flexibility index (Phi) is 60.4. The lowest BCUT2D eigenvalue weighted by atomic mass is 9.88. The number of unbranched alkanes of at least 4 members (excludes halogenated alkanes) is 1. The molecule has 12 unspecified atom stereocenters. The molecule has 0 aliphatic carbocycles. The van der Waals surface area contributed by atoms with Gasteiger partial charge in [-0.2, -0.15) is 11.8 Å². The summed E-state index contributed by atoms with van der Waals surface area (Å²) in [5.74, 6) is -8.42. The van der Waals surface area contributed by atoms with Crippen LogP contribution in [0, 0.1) is 17.8 Å². The molecule has 0 bridgehead atoms. The van der Waals surface area contributed by atoms with Gasteiger partial charge in [-0.25, -0.2) is 9.59 Å². The highest BCUT2D eigenvalue weighted by molar-refractivity contribution is 8.00. The van der Waals surface area contributed by atoms with Gasteiger partial charge < -0.3 is 125 Å². The number of aliphatic carboxylic acids is 3. The molecule has 616 valence electrons. The Labute approximate surface area is 653 Å². The first-order valence-electron chi connectivity index (χ1n) is 35.5. The summed E-state index contributed by atoms with van der Waals surface area (Å²) in [5.41, 5.74) is 0.